The van der Waals surface area contributed by atoms with Gasteiger partial charge in [0.25, 0.3) is 5.91 Å². The SMILES string of the molecule is Cc1ccc2c(c1)C(=O)[C@@H](NC(=O)c1ccc(Cl)cc1Cl)CS2. The Morgan fingerprint density at radius 1 is 1.22 bits per heavy atom. The number of fused-ring (bicyclic) bond motifs is 1. The van der Waals surface area contributed by atoms with E-state index in [4.69, 9.17) is 23.2 Å². The maximum absolute atomic E-state index is 12.6. The van der Waals surface area contributed by atoms with E-state index in [0.717, 1.165) is 10.5 Å². The zero-order valence-electron chi connectivity index (χ0n) is 12.2. The second kappa shape index (κ2) is 6.56. The number of hydrogen-bond acceptors (Lipinski definition) is 3. The van der Waals surface area contributed by atoms with E-state index in [1.807, 2.05) is 25.1 Å². The second-order valence-electron chi connectivity index (χ2n) is 5.33. The van der Waals surface area contributed by atoms with Gasteiger partial charge in [-0.3, -0.25) is 9.59 Å². The predicted molar refractivity (Wildman–Crippen MR) is 93.9 cm³/mol. The summed E-state index contributed by atoms with van der Waals surface area (Å²) in [5, 5.41) is 3.49. The maximum Gasteiger partial charge on any atom is 0.253 e. The van der Waals surface area contributed by atoms with E-state index in [0.29, 0.717) is 21.9 Å². The minimum Gasteiger partial charge on any atom is -0.341 e. The van der Waals surface area contributed by atoms with Crippen molar-refractivity contribution in [3.8, 4) is 0 Å². The van der Waals surface area contributed by atoms with Crippen LogP contribution in [-0.2, 0) is 0 Å². The number of carbonyl (C=O) groups excluding carboxylic acids is 2. The Balaban J connectivity index is 1.81. The summed E-state index contributed by atoms with van der Waals surface area (Å²) in [7, 11) is 0. The minimum atomic E-state index is -0.562. The van der Waals surface area contributed by atoms with Gasteiger partial charge in [0.2, 0.25) is 0 Å². The number of hydrogen-bond donors (Lipinski definition) is 1. The van der Waals surface area contributed by atoms with Crippen LogP contribution in [0.25, 0.3) is 0 Å². The highest BCUT2D eigenvalue weighted by atomic mass is 35.5. The maximum atomic E-state index is 12.6. The summed E-state index contributed by atoms with van der Waals surface area (Å²) < 4.78 is 0. The molecule has 1 amide bonds. The molecule has 118 valence electrons. The zero-order valence-corrected chi connectivity index (χ0v) is 14.6. The fourth-order valence-corrected chi connectivity index (χ4v) is 3.97. The molecular weight excluding hydrogens is 353 g/mol. The van der Waals surface area contributed by atoms with Crippen molar-refractivity contribution in [2.24, 2.45) is 0 Å². The molecule has 0 saturated heterocycles. The number of ketones is 1. The topological polar surface area (TPSA) is 46.2 Å². The molecule has 0 unspecified atom stereocenters. The monoisotopic (exact) mass is 365 g/mol. The molecule has 0 spiro atoms. The van der Waals surface area contributed by atoms with Gasteiger partial charge in [-0.05, 0) is 37.3 Å². The largest absolute Gasteiger partial charge is 0.341 e. The molecule has 0 saturated carbocycles. The summed E-state index contributed by atoms with van der Waals surface area (Å²) >= 11 is 13.4. The van der Waals surface area contributed by atoms with E-state index in [1.165, 1.54) is 6.07 Å². The van der Waals surface area contributed by atoms with Crippen molar-refractivity contribution < 1.29 is 9.59 Å². The molecule has 0 aromatic heterocycles. The highest BCUT2D eigenvalue weighted by Gasteiger charge is 2.29. The molecule has 1 aliphatic rings. The molecule has 3 rings (SSSR count). The van der Waals surface area contributed by atoms with E-state index in [1.54, 1.807) is 23.9 Å². The number of amides is 1. The highest BCUT2D eigenvalue weighted by molar-refractivity contribution is 7.99. The quantitative estimate of drug-likeness (QED) is 0.858. The Morgan fingerprint density at radius 2 is 2.00 bits per heavy atom. The van der Waals surface area contributed by atoms with Crippen LogP contribution in [0.5, 0.6) is 0 Å². The van der Waals surface area contributed by atoms with E-state index >= 15 is 0 Å². The zero-order chi connectivity index (χ0) is 16.6. The lowest BCUT2D eigenvalue weighted by Gasteiger charge is -2.24. The summed E-state index contributed by atoms with van der Waals surface area (Å²) in [4.78, 5) is 25.9. The fourth-order valence-electron chi connectivity index (χ4n) is 2.42. The Morgan fingerprint density at radius 3 is 2.74 bits per heavy atom. The normalized spacial score (nSPS) is 16.8. The van der Waals surface area contributed by atoms with Crippen molar-refractivity contribution in [1.82, 2.24) is 5.32 Å². The summed E-state index contributed by atoms with van der Waals surface area (Å²) in [5.74, 6) is 0.0638. The molecule has 0 bridgehead atoms. The third-order valence-electron chi connectivity index (χ3n) is 3.60. The molecule has 1 atom stereocenters. The third-order valence-corrected chi connectivity index (χ3v) is 5.32. The molecule has 23 heavy (non-hydrogen) atoms. The number of Topliss-reactive ketones (excluding diaryl/α,β-unsaturated/α-hetero) is 1. The molecule has 2 aromatic carbocycles. The number of thioether (sulfide) groups is 1. The Kier molecular flexibility index (Phi) is 4.67. The van der Waals surface area contributed by atoms with Crippen molar-refractivity contribution in [1.29, 1.82) is 0 Å². The van der Waals surface area contributed by atoms with E-state index in [9.17, 15) is 9.59 Å². The van der Waals surface area contributed by atoms with Gasteiger partial charge in [-0.15, -0.1) is 11.8 Å². The summed E-state index contributed by atoms with van der Waals surface area (Å²) in [6.07, 6.45) is 0. The van der Waals surface area contributed by atoms with Crippen LogP contribution >= 0.6 is 35.0 Å². The average molecular weight is 366 g/mol. The molecule has 2 aromatic rings. The standard InChI is InChI=1S/C17H13Cl2NO2S/c1-9-2-5-15-12(6-9)16(21)14(8-23-15)20-17(22)11-4-3-10(18)7-13(11)19/h2-7,14H,8H2,1H3,(H,20,22)/t14-/m0/s1. The van der Waals surface area contributed by atoms with Gasteiger partial charge in [0, 0.05) is 21.2 Å². The molecule has 6 heteroatoms. The van der Waals surface area contributed by atoms with Gasteiger partial charge >= 0.3 is 0 Å². The first-order chi connectivity index (χ1) is 11.0. The van der Waals surface area contributed by atoms with Gasteiger partial charge < -0.3 is 5.32 Å². The van der Waals surface area contributed by atoms with Crippen LogP contribution in [0.3, 0.4) is 0 Å². The lowest BCUT2D eigenvalue weighted by molar-refractivity contribution is 0.0864. The molecule has 1 aliphatic heterocycles. The molecule has 0 fully saturated rings. The van der Waals surface area contributed by atoms with E-state index in [-0.39, 0.29) is 16.7 Å². The van der Waals surface area contributed by atoms with Gasteiger partial charge in [-0.1, -0.05) is 34.8 Å². The highest BCUT2D eigenvalue weighted by Crippen LogP contribution is 2.31. The Hall–Kier alpha value is -1.49. The number of halogens is 2. The number of nitrogens with one attached hydrogen (secondary N) is 1. The van der Waals surface area contributed by atoms with Crippen molar-refractivity contribution in [2.45, 2.75) is 17.9 Å². The molecule has 0 radical (unpaired) electrons. The van der Waals surface area contributed by atoms with Crippen LogP contribution in [0.2, 0.25) is 10.0 Å². The van der Waals surface area contributed by atoms with E-state index in [2.05, 4.69) is 5.32 Å². The minimum absolute atomic E-state index is 0.0686. The van der Waals surface area contributed by atoms with Crippen molar-refractivity contribution in [3.63, 3.8) is 0 Å². The van der Waals surface area contributed by atoms with Crippen molar-refractivity contribution in [2.75, 3.05) is 5.75 Å². The smallest absolute Gasteiger partial charge is 0.253 e. The van der Waals surface area contributed by atoms with Crippen LogP contribution < -0.4 is 5.32 Å². The number of aryl methyl sites for hydroxylation is 1. The van der Waals surface area contributed by atoms with Gasteiger partial charge in [0.1, 0.15) is 6.04 Å². The predicted octanol–water partition coefficient (Wildman–Crippen LogP) is 4.39. The molecule has 0 aliphatic carbocycles. The number of benzene rings is 2. The van der Waals surface area contributed by atoms with Gasteiger partial charge in [-0.2, -0.15) is 0 Å². The summed E-state index contributed by atoms with van der Waals surface area (Å²) in [6.45, 7) is 1.94. The van der Waals surface area contributed by atoms with Crippen LogP contribution in [-0.4, -0.2) is 23.5 Å². The third kappa shape index (κ3) is 3.39. The Bertz CT molecular complexity index is 807. The molecule has 1 heterocycles. The van der Waals surface area contributed by atoms with Crippen LogP contribution in [0.1, 0.15) is 26.3 Å². The summed E-state index contributed by atoms with van der Waals surface area (Å²) in [5.41, 5.74) is 1.99. The first kappa shape index (κ1) is 16.4. The van der Waals surface area contributed by atoms with Gasteiger partial charge in [0.05, 0.1) is 10.6 Å². The average Bonchev–Trinajstić information content (AvgIpc) is 2.50. The van der Waals surface area contributed by atoms with E-state index < -0.39 is 6.04 Å². The first-order valence-electron chi connectivity index (χ1n) is 6.99. The lowest BCUT2D eigenvalue weighted by atomic mass is 10.0. The van der Waals surface area contributed by atoms with Crippen molar-refractivity contribution in [3.05, 3.63) is 63.1 Å². The van der Waals surface area contributed by atoms with Gasteiger partial charge in [0.15, 0.2) is 5.78 Å². The second-order valence-corrected chi connectivity index (χ2v) is 7.23. The van der Waals surface area contributed by atoms with Crippen LogP contribution in [0, 0.1) is 6.92 Å². The lowest BCUT2D eigenvalue weighted by Crippen LogP contribution is -2.44. The number of carbonyl (C=O) groups is 2. The summed E-state index contributed by atoms with van der Waals surface area (Å²) in [6, 6.07) is 9.88. The molecular formula is C17H13Cl2NO2S. The fraction of sp³-hybridized carbons (Fsp3) is 0.176. The number of rotatable bonds is 2. The molecule has 3 nitrogen and oxygen atoms in total. The van der Waals surface area contributed by atoms with Crippen LogP contribution in [0.4, 0.5) is 0 Å². The Labute approximate surface area is 148 Å². The first-order valence-corrected chi connectivity index (χ1v) is 8.73. The van der Waals surface area contributed by atoms with Gasteiger partial charge in [-0.25, -0.2) is 0 Å². The molecule has 1 N–H and O–H groups in total. The van der Waals surface area contributed by atoms with Crippen LogP contribution in [0.15, 0.2) is 41.3 Å². The van der Waals surface area contributed by atoms with Crippen molar-refractivity contribution >= 4 is 46.7 Å².